The van der Waals surface area contributed by atoms with Gasteiger partial charge in [0.1, 0.15) is 35.7 Å². The molecule has 0 aliphatic heterocycles. The van der Waals surface area contributed by atoms with Gasteiger partial charge >= 0.3 is 5.63 Å². The number of rotatable bonds is 4. The molecule has 5 nitrogen and oxygen atoms in total. The molecule has 2 aromatic carbocycles. The summed E-state index contributed by atoms with van der Waals surface area (Å²) in [5.74, 6) is 0.510. The van der Waals surface area contributed by atoms with E-state index < -0.39 is 5.63 Å². The minimum Gasteiger partial charge on any atom is -0.487 e. The number of aromatic nitrogens is 1. The van der Waals surface area contributed by atoms with E-state index >= 15 is 0 Å². The van der Waals surface area contributed by atoms with Crippen LogP contribution in [0.15, 0.2) is 68.4 Å². The number of hydrogen-bond donors (Lipinski definition) is 0. The Bertz CT molecular complexity index is 1150. The molecule has 6 heteroatoms. The molecule has 4 rings (SSSR count). The first-order valence-corrected chi connectivity index (χ1v) is 7.96. The van der Waals surface area contributed by atoms with Crippen molar-refractivity contribution in [3.8, 4) is 17.2 Å². The SMILES string of the molecule is Cc1cc(=O)oc2cc(OCc3coc(-c4cccc(F)c4)n3)ccc12. The Morgan fingerprint density at radius 1 is 1.15 bits per heavy atom. The van der Waals surface area contributed by atoms with Crippen LogP contribution in [0.4, 0.5) is 4.39 Å². The van der Waals surface area contributed by atoms with Crippen LogP contribution in [-0.2, 0) is 6.61 Å². The zero-order valence-electron chi connectivity index (χ0n) is 13.9. The van der Waals surface area contributed by atoms with Crippen LogP contribution in [0.5, 0.6) is 5.75 Å². The van der Waals surface area contributed by atoms with Crippen LogP contribution in [0, 0.1) is 12.7 Å². The summed E-state index contributed by atoms with van der Waals surface area (Å²) in [5, 5.41) is 0.853. The Hall–Kier alpha value is -3.41. The second-order valence-corrected chi connectivity index (χ2v) is 5.85. The second-order valence-electron chi connectivity index (χ2n) is 5.85. The summed E-state index contributed by atoms with van der Waals surface area (Å²) >= 11 is 0. The van der Waals surface area contributed by atoms with Crippen LogP contribution >= 0.6 is 0 Å². The van der Waals surface area contributed by atoms with Crippen molar-refractivity contribution in [1.82, 2.24) is 4.98 Å². The highest BCUT2D eigenvalue weighted by Gasteiger charge is 2.09. The summed E-state index contributed by atoms with van der Waals surface area (Å²) in [7, 11) is 0. The monoisotopic (exact) mass is 351 g/mol. The van der Waals surface area contributed by atoms with E-state index in [2.05, 4.69) is 4.98 Å². The molecular formula is C20H14FNO4. The smallest absolute Gasteiger partial charge is 0.336 e. The van der Waals surface area contributed by atoms with Crippen molar-refractivity contribution >= 4 is 11.0 Å². The molecule has 26 heavy (non-hydrogen) atoms. The number of nitrogens with zero attached hydrogens (tertiary/aromatic N) is 1. The Labute approximate surface area is 147 Å². The zero-order chi connectivity index (χ0) is 18.1. The molecule has 0 aliphatic rings. The molecular weight excluding hydrogens is 337 g/mol. The van der Waals surface area contributed by atoms with E-state index in [1.807, 2.05) is 13.0 Å². The zero-order valence-corrected chi connectivity index (χ0v) is 13.9. The molecule has 0 saturated heterocycles. The Kier molecular flexibility index (Phi) is 4.01. The van der Waals surface area contributed by atoms with E-state index in [0.717, 1.165) is 10.9 Å². The lowest BCUT2D eigenvalue weighted by atomic mass is 10.1. The molecule has 4 aromatic rings. The molecule has 0 unspecified atom stereocenters. The molecule has 0 bridgehead atoms. The van der Waals surface area contributed by atoms with Crippen LogP contribution in [-0.4, -0.2) is 4.98 Å². The predicted octanol–water partition coefficient (Wildman–Crippen LogP) is 4.47. The highest BCUT2D eigenvalue weighted by atomic mass is 19.1. The van der Waals surface area contributed by atoms with Gasteiger partial charge in [-0.15, -0.1) is 0 Å². The fourth-order valence-electron chi connectivity index (χ4n) is 2.68. The fourth-order valence-corrected chi connectivity index (χ4v) is 2.68. The first kappa shape index (κ1) is 16.1. The standard InChI is InChI=1S/C20H14FNO4/c1-12-7-19(23)26-18-9-16(5-6-17(12)18)24-10-15-11-25-20(22-15)13-3-2-4-14(21)8-13/h2-9,11H,10H2,1H3. The van der Waals surface area contributed by atoms with Gasteiger partial charge in [-0.05, 0) is 42.8 Å². The van der Waals surface area contributed by atoms with Crippen LogP contribution in [0.3, 0.4) is 0 Å². The number of halogens is 1. The number of aryl methyl sites for hydroxylation is 1. The first-order chi connectivity index (χ1) is 12.6. The van der Waals surface area contributed by atoms with Crippen LogP contribution in [0.25, 0.3) is 22.4 Å². The third-order valence-corrected chi connectivity index (χ3v) is 3.93. The lowest BCUT2D eigenvalue weighted by Gasteiger charge is -2.06. The van der Waals surface area contributed by atoms with E-state index in [1.54, 1.807) is 24.3 Å². The van der Waals surface area contributed by atoms with Gasteiger partial charge in [-0.1, -0.05) is 6.07 Å². The van der Waals surface area contributed by atoms with Crippen molar-refractivity contribution in [2.75, 3.05) is 0 Å². The van der Waals surface area contributed by atoms with Crippen LogP contribution in [0.2, 0.25) is 0 Å². The molecule has 0 atom stereocenters. The highest BCUT2D eigenvalue weighted by molar-refractivity contribution is 5.81. The predicted molar refractivity (Wildman–Crippen MR) is 93.5 cm³/mol. The molecule has 130 valence electrons. The maximum atomic E-state index is 13.3. The quantitative estimate of drug-likeness (QED) is 0.507. The van der Waals surface area contributed by atoms with Crippen molar-refractivity contribution in [2.45, 2.75) is 13.5 Å². The fraction of sp³-hybridized carbons (Fsp3) is 0.100. The van der Waals surface area contributed by atoms with Gasteiger partial charge in [0.15, 0.2) is 0 Å². The van der Waals surface area contributed by atoms with E-state index in [4.69, 9.17) is 13.6 Å². The second kappa shape index (κ2) is 6.48. The summed E-state index contributed by atoms with van der Waals surface area (Å²) in [6, 6.07) is 12.8. The lowest BCUT2D eigenvalue weighted by Crippen LogP contribution is -1.99. The van der Waals surface area contributed by atoms with Crippen molar-refractivity contribution in [1.29, 1.82) is 0 Å². The number of benzene rings is 2. The van der Waals surface area contributed by atoms with E-state index in [-0.39, 0.29) is 12.4 Å². The minimum atomic E-state index is -0.400. The maximum absolute atomic E-state index is 13.3. The van der Waals surface area contributed by atoms with Gasteiger partial charge in [0.2, 0.25) is 5.89 Å². The van der Waals surface area contributed by atoms with Crippen molar-refractivity contribution < 1.29 is 18.0 Å². The third kappa shape index (κ3) is 3.21. The van der Waals surface area contributed by atoms with E-state index in [9.17, 15) is 9.18 Å². The largest absolute Gasteiger partial charge is 0.487 e. The molecule has 0 amide bonds. The Balaban J connectivity index is 1.53. The number of ether oxygens (including phenoxy) is 1. The Morgan fingerprint density at radius 3 is 2.88 bits per heavy atom. The molecule has 2 aromatic heterocycles. The normalized spacial score (nSPS) is 11.0. The number of fused-ring (bicyclic) bond motifs is 1. The van der Waals surface area contributed by atoms with Gasteiger partial charge in [0.05, 0.1) is 0 Å². The van der Waals surface area contributed by atoms with Crippen molar-refractivity contribution in [2.24, 2.45) is 0 Å². The third-order valence-electron chi connectivity index (χ3n) is 3.93. The molecule has 0 radical (unpaired) electrons. The minimum absolute atomic E-state index is 0.167. The average molecular weight is 351 g/mol. The van der Waals surface area contributed by atoms with Gasteiger partial charge in [-0.25, -0.2) is 14.2 Å². The molecule has 2 heterocycles. The summed E-state index contributed by atoms with van der Waals surface area (Å²) in [6.07, 6.45) is 1.46. The maximum Gasteiger partial charge on any atom is 0.336 e. The van der Waals surface area contributed by atoms with Gasteiger partial charge in [0, 0.05) is 23.1 Å². The topological polar surface area (TPSA) is 65.5 Å². The van der Waals surface area contributed by atoms with Gasteiger partial charge in [-0.2, -0.15) is 0 Å². The van der Waals surface area contributed by atoms with Crippen molar-refractivity contribution in [3.05, 3.63) is 82.3 Å². The molecule has 0 saturated carbocycles. The lowest BCUT2D eigenvalue weighted by molar-refractivity contribution is 0.301. The molecule has 0 N–H and O–H groups in total. The van der Waals surface area contributed by atoms with Gasteiger partial charge in [-0.3, -0.25) is 0 Å². The molecule has 0 fully saturated rings. The van der Waals surface area contributed by atoms with Crippen LogP contribution < -0.4 is 10.4 Å². The van der Waals surface area contributed by atoms with Gasteiger partial charge < -0.3 is 13.6 Å². The van der Waals surface area contributed by atoms with Gasteiger partial charge in [0.25, 0.3) is 0 Å². The summed E-state index contributed by atoms with van der Waals surface area (Å²) in [6.45, 7) is 2.02. The summed E-state index contributed by atoms with van der Waals surface area (Å²) in [4.78, 5) is 15.8. The summed E-state index contributed by atoms with van der Waals surface area (Å²) in [5.41, 5.74) is 2.03. The molecule has 0 aliphatic carbocycles. The number of hydrogen-bond acceptors (Lipinski definition) is 5. The Morgan fingerprint density at radius 2 is 2.04 bits per heavy atom. The summed E-state index contributed by atoms with van der Waals surface area (Å²) < 4.78 is 29.6. The number of oxazole rings is 1. The molecule has 0 spiro atoms. The first-order valence-electron chi connectivity index (χ1n) is 7.96. The highest BCUT2D eigenvalue weighted by Crippen LogP contribution is 2.24. The average Bonchev–Trinajstić information content (AvgIpc) is 3.08. The van der Waals surface area contributed by atoms with Crippen molar-refractivity contribution in [3.63, 3.8) is 0 Å². The van der Waals surface area contributed by atoms with E-state index in [0.29, 0.717) is 28.5 Å². The van der Waals surface area contributed by atoms with Crippen LogP contribution in [0.1, 0.15) is 11.3 Å². The van der Waals surface area contributed by atoms with E-state index in [1.165, 1.54) is 24.5 Å².